The molecule has 2 heterocycles. The number of carbonyl (C=O) groups excluding carboxylic acids is 1. The SMILES string of the molecule is CC.CC.CCN1CCC(C(=O)NC(c2ccccc2)c2ccccn2)CC1. The van der Waals surface area contributed by atoms with Crippen LogP contribution in [0.25, 0.3) is 0 Å². The first-order valence-corrected chi connectivity index (χ1v) is 10.8. The molecule has 1 amide bonds. The van der Waals surface area contributed by atoms with Crippen molar-refractivity contribution in [3.63, 3.8) is 0 Å². The number of piperidine rings is 1. The fourth-order valence-corrected chi connectivity index (χ4v) is 3.29. The predicted octanol–water partition coefficient (Wildman–Crippen LogP) is 5.07. The van der Waals surface area contributed by atoms with Gasteiger partial charge in [-0.15, -0.1) is 0 Å². The van der Waals surface area contributed by atoms with Crippen LogP contribution >= 0.6 is 0 Å². The van der Waals surface area contributed by atoms with E-state index in [4.69, 9.17) is 0 Å². The summed E-state index contributed by atoms with van der Waals surface area (Å²) in [5, 5.41) is 3.23. The highest BCUT2D eigenvalue weighted by Gasteiger charge is 2.27. The van der Waals surface area contributed by atoms with E-state index >= 15 is 0 Å². The maximum Gasteiger partial charge on any atom is 0.224 e. The number of likely N-dealkylation sites (tertiary alicyclic amines) is 1. The Morgan fingerprint density at radius 2 is 1.64 bits per heavy atom. The van der Waals surface area contributed by atoms with Crippen molar-refractivity contribution in [1.29, 1.82) is 0 Å². The first kappa shape index (κ1) is 23.8. The topological polar surface area (TPSA) is 45.2 Å². The summed E-state index contributed by atoms with van der Waals surface area (Å²) in [6.07, 6.45) is 3.64. The lowest BCUT2D eigenvalue weighted by Gasteiger charge is -2.31. The molecule has 4 heteroatoms. The molecule has 4 nitrogen and oxygen atoms in total. The van der Waals surface area contributed by atoms with Gasteiger partial charge in [-0.2, -0.15) is 0 Å². The normalized spacial score (nSPS) is 15.3. The lowest BCUT2D eigenvalue weighted by molar-refractivity contribution is -0.127. The zero-order valence-electron chi connectivity index (χ0n) is 18.2. The van der Waals surface area contributed by atoms with E-state index in [9.17, 15) is 4.79 Å². The number of aromatic nitrogens is 1. The Balaban J connectivity index is 0.000000921. The maximum absolute atomic E-state index is 12.8. The van der Waals surface area contributed by atoms with E-state index in [-0.39, 0.29) is 17.9 Å². The van der Waals surface area contributed by atoms with E-state index in [1.807, 2.05) is 76.2 Å². The Morgan fingerprint density at radius 1 is 1.04 bits per heavy atom. The van der Waals surface area contributed by atoms with Gasteiger partial charge in [0.2, 0.25) is 5.91 Å². The molecule has 1 aliphatic rings. The first-order valence-electron chi connectivity index (χ1n) is 10.8. The van der Waals surface area contributed by atoms with E-state index in [0.29, 0.717) is 0 Å². The fraction of sp³-hybridized carbons (Fsp3) is 0.500. The summed E-state index contributed by atoms with van der Waals surface area (Å²) in [6.45, 7) is 13.3. The molecule has 28 heavy (non-hydrogen) atoms. The number of hydrogen-bond acceptors (Lipinski definition) is 3. The minimum Gasteiger partial charge on any atom is -0.343 e. The number of nitrogens with one attached hydrogen (secondary N) is 1. The molecule has 0 aliphatic carbocycles. The smallest absolute Gasteiger partial charge is 0.224 e. The fourth-order valence-electron chi connectivity index (χ4n) is 3.29. The van der Waals surface area contributed by atoms with Crippen LogP contribution in [0.3, 0.4) is 0 Å². The van der Waals surface area contributed by atoms with E-state index in [1.165, 1.54) is 0 Å². The van der Waals surface area contributed by atoms with Crippen LogP contribution < -0.4 is 5.32 Å². The molecule has 1 atom stereocenters. The van der Waals surface area contributed by atoms with Crippen LogP contribution in [0.4, 0.5) is 0 Å². The van der Waals surface area contributed by atoms with E-state index in [1.54, 1.807) is 6.20 Å². The van der Waals surface area contributed by atoms with Gasteiger partial charge in [-0.3, -0.25) is 9.78 Å². The van der Waals surface area contributed by atoms with Crippen molar-refractivity contribution in [3.05, 3.63) is 66.0 Å². The van der Waals surface area contributed by atoms with Crippen LogP contribution in [-0.4, -0.2) is 35.4 Å². The monoisotopic (exact) mass is 383 g/mol. The summed E-state index contributed by atoms with van der Waals surface area (Å²) < 4.78 is 0. The molecule has 0 radical (unpaired) electrons. The number of amides is 1. The summed E-state index contributed by atoms with van der Waals surface area (Å²) in [6, 6.07) is 15.7. The van der Waals surface area contributed by atoms with Gasteiger partial charge in [0.05, 0.1) is 11.7 Å². The zero-order valence-corrected chi connectivity index (χ0v) is 18.2. The number of hydrogen-bond donors (Lipinski definition) is 1. The van der Waals surface area contributed by atoms with Gasteiger partial charge in [0.25, 0.3) is 0 Å². The molecular formula is C24H37N3O. The van der Waals surface area contributed by atoms with Gasteiger partial charge in [0, 0.05) is 12.1 Å². The third-order valence-electron chi connectivity index (χ3n) is 4.81. The number of rotatable bonds is 5. The highest BCUT2D eigenvalue weighted by atomic mass is 16.2. The van der Waals surface area contributed by atoms with Crippen LogP contribution in [-0.2, 0) is 4.79 Å². The van der Waals surface area contributed by atoms with Gasteiger partial charge in [-0.1, -0.05) is 71.0 Å². The van der Waals surface area contributed by atoms with Crippen molar-refractivity contribution in [2.45, 2.75) is 53.5 Å². The molecule has 1 N–H and O–H groups in total. The number of carbonyl (C=O) groups is 1. The molecule has 1 fully saturated rings. The molecule has 1 unspecified atom stereocenters. The van der Waals surface area contributed by atoms with Gasteiger partial charge >= 0.3 is 0 Å². The lowest BCUT2D eigenvalue weighted by atomic mass is 9.94. The zero-order chi connectivity index (χ0) is 20.8. The van der Waals surface area contributed by atoms with Crippen molar-refractivity contribution in [2.75, 3.05) is 19.6 Å². The van der Waals surface area contributed by atoms with Crippen LogP contribution in [0.1, 0.15) is 64.8 Å². The van der Waals surface area contributed by atoms with Crippen molar-refractivity contribution in [2.24, 2.45) is 5.92 Å². The molecular weight excluding hydrogens is 346 g/mol. The minimum atomic E-state index is -0.191. The molecule has 0 saturated carbocycles. The van der Waals surface area contributed by atoms with Gasteiger partial charge < -0.3 is 10.2 Å². The average Bonchev–Trinajstić information content (AvgIpc) is 2.81. The molecule has 1 saturated heterocycles. The van der Waals surface area contributed by atoms with Crippen LogP contribution in [0, 0.1) is 5.92 Å². The van der Waals surface area contributed by atoms with Crippen LogP contribution in [0.15, 0.2) is 54.7 Å². The van der Waals surface area contributed by atoms with Gasteiger partial charge in [-0.25, -0.2) is 0 Å². The lowest BCUT2D eigenvalue weighted by Crippen LogP contribution is -2.41. The quantitative estimate of drug-likeness (QED) is 0.784. The number of pyridine rings is 1. The summed E-state index contributed by atoms with van der Waals surface area (Å²) in [5.74, 6) is 0.244. The average molecular weight is 384 g/mol. The van der Waals surface area contributed by atoms with E-state index < -0.39 is 0 Å². The highest BCUT2D eigenvalue weighted by molar-refractivity contribution is 5.79. The van der Waals surface area contributed by atoms with Crippen molar-refractivity contribution < 1.29 is 4.79 Å². The first-order chi connectivity index (χ1) is 13.8. The van der Waals surface area contributed by atoms with Crippen molar-refractivity contribution in [1.82, 2.24) is 15.2 Å². The molecule has 1 aromatic heterocycles. The van der Waals surface area contributed by atoms with Crippen molar-refractivity contribution >= 4 is 5.91 Å². The largest absolute Gasteiger partial charge is 0.343 e. The van der Waals surface area contributed by atoms with Gasteiger partial charge in [0.1, 0.15) is 0 Å². The predicted molar refractivity (Wildman–Crippen MR) is 118 cm³/mol. The second-order valence-electron chi connectivity index (χ2n) is 6.32. The second-order valence-corrected chi connectivity index (χ2v) is 6.32. The van der Waals surface area contributed by atoms with Crippen molar-refractivity contribution in [3.8, 4) is 0 Å². The van der Waals surface area contributed by atoms with Gasteiger partial charge in [-0.05, 0) is 50.2 Å². The standard InChI is InChI=1S/C20H25N3O.2C2H6/c1-2-23-14-11-17(12-15-23)20(24)22-19(16-8-4-3-5-9-16)18-10-6-7-13-21-18;2*1-2/h3-10,13,17,19H,2,11-12,14-15H2,1H3,(H,22,24);2*1-2H3. The third kappa shape index (κ3) is 7.08. The Kier molecular flexibility index (Phi) is 11.8. The minimum absolute atomic E-state index is 0.0997. The molecule has 0 bridgehead atoms. The molecule has 3 rings (SSSR count). The summed E-state index contributed by atoms with van der Waals surface area (Å²) in [7, 11) is 0. The van der Waals surface area contributed by atoms with E-state index in [2.05, 4.69) is 22.1 Å². The molecule has 0 spiro atoms. The summed E-state index contributed by atoms with van der Waals surface area (Å²) in [5.41, 5.74) is 1.94. The third-order valence-corrected chi connectivity index (χ3v) is 4.81. The Morgan fingerprint density at radius 3 is 2.18 bits per heavy atom. The highest BCUT2D eigenvalue weighted by Crippen LogP contribution is 2.23. The number of nitrogens with zero attached hydrogens (tertiary/aromatic N) is 2. The number of benzene rings is 1. The second kappa shape index (κ2) is 13.9. The van der Waals surface area contributed by atoms with Gasteiger partial charge in [0.15, 0.2) is 0 Å². The Hall–Kier alpha value is -2.20. The summed E-state index contributed by atoms with van der Waals surface area (Å²) >= 11 is 0. The molecule has 2 aromatic rings. The van der Waals surface area contributed by atoms with Crippen LogP contribution in [0.5, 0.6) is 0 Å². The Bertz CT molecular complexity index is 598. The molecule has 1 aliphatic heterocycles. The summed E-state index contributed by atoms with van der Waals surface area (Å²) in [4.78, 5) is 19.6. The molecule has 1 aromatic carbocycles. The Labute approximate surface area is 171 Å². The molecule has 154 valence electrons. The van der Waals surface area contributed by atoms with E-state index in [0.717, 1.165) is 43.7 Å². The van der Waals surface area contributed by atoms with Crippen LogP contribution in [0.2, 0.25) is 0 Å². The maximum atomic E-state index is 12.8.